The molecule has 0 unspecified atom stereocenters. The fourth-order valence-electron chi connectivity index (χ4n) is 3.22. The zero-order chi connectivity index (χ0) is 20.5. The van der Waals surface area contributed by atoms with Crippen molar-refractivity contribution in [2.75, 3.05) is 7.05 Å². The van der Waals surface area contributed by atoms with Gasteiger partial charge >= 0.3 is 0 Å². The average Bonchev–Trinajstić information content (AvgIpc) is 2.69. The van der Waals surface area contributed by atoms with Crippen LogP contribution in [0.2, 0.25) is 0 Å². The summed E-state index contributed by atoms with van der Waals surface area (Å²) in [5.74, 6) is 0.658. The fraction of sp³-hybridized carbons (Fsp3) is 0.360. The van der Waals surface area contributed by atoms with Crippen molar-refractivity contribution in [1.82, 2.24) is 4.90 Å². The molecular formula is C25H32N2O. The summed E-state index contributed by atoms with van der Waals surface area (Å²) in [4.78, 5) is 18.9. The molecule has 2 aromatic rings. The van der Waals surface area contributed by atoms with Crippen LogP contribution in [0, 0.1) is 5.92 Å². The molecule has 0 N–H and O–H groups in total. The van der Waals surface area contributed by atoms with Crippen LogP contribution < -0.4 is 0 Å². The molecule has 0 saturated heterocycles. The number of carbonyl (C=O) groups is 1. The molecule has 0 aliphatic heterocycles. The molecule has 0 bridgehead atoms. The van der Waals surface area contributed by atoms with Crippen LogP contribution in [0.25, 0.3) is 5.70 Å². The Kier molecular flexibility index (Phi) is 8.19. The minimum atomic E-state index is -0.102. The molecule has 0 atom stereocenters. The van der Waals surface area contributed by atoms with E-state index in [2.05, 4.69) is 72.3 Å². The number of hydrogen-bond donors (Lipinski definition) is 0. The van der Waals surface area contributed by atoms with Crippen LogP contribution >= 0.6 is 0 Å². The first-order chi connectivity index (χ1) is 13.4. The van der Waals surface area contributed by atoms with E-state index in [1.165, 1.54) is 11.1 Å². The van der Waals surface area contributed by atoms with E-state index in [1.807, 2.05) is 33.0 Å². The Bertz CT molecular complexity index is 820. The van der Waals surface area contributed by atoms with Crippen molar-refractivity contribution in [3.8, 4) is 0 Å². The Morgan fingerprint density at radius 2 is 1.57 bits per heavy atom. The first kappa shape index (κ1) is 21.6. The van der Waals surface area contributed by atoms with Gasteiger partial charge < -0.3 is 4.90 Å². The fourth-order valence-corrected chi connectivity index (χ4v) is 3.22. The smallest absolute Gasteiger partial charge is 0.249 e. The second-order valence-corrected chi connectivity index (χ2v) is 7.49. The molecule has 0 aliphatic carbocycles. The Morgan fingerprint density at radius 1 is 1.00 bits per heavy atom. The molecule has 28 heavy (non-hydrogen) atoms. The van der Waals surface area contributed by atoms with E-state index in [0.717, 1.165) is 36.4 Å². The summed E-state index contributed by atoms with van der Waals surface area (Å²) in [5, 5.41) is 0. The van der Waals surface area contributed by atoms with Crippen LogP contribution in [0.1, 0.15) is 51.7 Å². The molecule has 2 aromatic carbocycles. The molecular weight excluding hydrogens is 344 g/mol. The van der Waals surface area contributed by atoms with Gasteiger partial charge in [-0.15, -0.1) is 0 Å². The van der Waals surface area contributed by atoms with Crippen molar-refractivity contribution in [2.45, 2.75) is 47.0 Å². The molecule has 2 rings (SSSR count). The summed E-state index contributed by atoms with van der Waals surface area (Å²) >= 11 is 0. The molecule has 0 heterocycles. The lowest BCUT2D eigenvalue weighted by Gasteiger charge is -2.27. The SMILES string of the molecule is CCCC(=NC(=O)C(C)C)N(C)/C(=C(\C)Cc1ccccc1)c1ccccc1. The summed E-state index contributed by atoms with van der Waals surface area (Å²) in [6.45, 7) is 8.07. The van der Waals surface area contributed by atoms with Crippen molar-refractivity contribution in [3.63, 3.8) is 0 Å². The quantitative estimate of drug-likeness (QED) is 0.440. The van der Waals surface area contributed by atoms with E-state index < -0.39 is 0 Å². The van der Waals surface area contributed by atoms with Crippen molar-refractivity contribution < 1.29 is 4.79 Å². The lowest BCUT2D eigenvalue weighted by Crippen LogP contribution is -2.28. The van der Waals surface area contributed by atoms with Crippen molar-refractivity contribution in [1.29, 1.82) is 0 Å². The van der Waals surface area contributed by atoms with E-state index in [-0.39, 0.29) is 11.8 Å². The summed E-state index contributed by atoms with van der Waals surface area (Å²) in [6, 6.07) is 20.8. The molecule has 0 spiro atoms. The normalized spacial score (nSPS) is 12.7. The maximum atomic E-state index is 12.3. The standard InChI is InChI=1S/C25H32N2O/c1-6-13-23(26-25(28)19(2)3)27(5)24(22-16-11-8-12-17-22)20(4)18-21-14-9-7-10-15-21/h7-12,14-17,19H,6,13,18H2,1-5H3/b24-20+,26-23?. The highest BCUT2D eigenvalue weighted by atomic mass is 16.1. The van der Waals surface area contributed by atoms with Crippen LogP contribution in [0.3, 0.4) is 0 Å². The van der Waals surface area contributed by atoms with Crippen LogP contribution in [0.5, 0.6) is 0 Å². The average molecular weight is 377 g/mol. The number of allylic oxidation sites excluding steroid dienone is 1. The van der Waals surface area contributed by atoms with Crippen LogP contribution in [0.4, 0.5) is 0 Å². The first-order valence-electron chi connectivity index (χ1n) is 10.1. The molecule has 0 aromatic heterocycles. The molecule has 0 saturated carbocycles. The maximum Gasteiger partial charge on any atom is 0.249 e. The third-order valence-electron chi connectivity index (χ3n) is 4.69. The van der Waals surface area contributed by atoms with E-state index >= 15 is 0 Å². The largest absolute Gasteiger partial charge is 0.332 e. The van der Waals surface area contributed by atoms with Gasteiger partial charge in [-0.25, -0.2) is 0 Å². The summed E-state index contributed by atoms with van der Waals surface area (Å²) in [6.07, 6.45) is 2.56. The van der Waals surface area contributed by atoms with Gasteiger partial charge in [0.2, 0.25) is 5.91 Å². The number of nitrogens with zero attached hydrogens (tertiary/aromatic N) is 2. The molecule has 1 amide bonds. The summed E-state index contributed by atoms with van der Waals surface area (Å²) < 4.78 is 0. The van der Waals surface area contributed by atoms with Crippen LogP contribution in [-0.2, 0) is 11.2 Å². The minimum Gasteiger partial charge on any atom is -0.332 e. The molecule has 148 valence electrons. The molecule has 0 aliphatic rings. The molecule has 3 heteroatoms. The van der Waals surface area contributed by atoms with Gasteiger partial charge in [0, 0.05) is 25.1 Å². The number of hydrogen-bond acceptors (Lipinski definition) is 1. The van der Waals surface area contributed by atoms with Gasteiger partial charge in [-0.2, -0.15) is 4.99 Å². The van der Waals surface area contributed by atoms with Crippen LogP contribution in [-0.4, -0.2) is 23.7 Å². The van der Waals surface area contributed by atoms with Gasteiger partial charge in [-0.1, -0.05) is 81.4 Å². The zero-order valence-electron chi connectivity index (χ0n) is 17.8. The third-order valence-corrected chi connectivity index (χ3v) is 4.69. The third kappa shape index (κ3) is 5.91. The van der Waals surface area contributed by atoms with E-state index in [1.54, 1.807) is 0 Å². The van der Waals surface area contributed by atoms with E-state index in [9.17, 15) is 4.79 Å². The van der Waals surface area contributed by atoms with Gasteiger partial charge in [0.25, 0.3) is 0 Å². The number of amides is 1. The molecule has 3 nitrogen and oxygen atoms in total. The first-order valence-corrected chi connectivity index (χ1v) is 10.1. The monoisotopic (exact) mass is 376 g/mol. The number of amidine groups is 1. The number of benzene rings is 2. The van der Waals surface area contributed by atoms with Crippen molar-refractivity contribution in [2.24, 2.45) is 10.9 Å². The summed E-state index contributed by atoms with van der Waals surface area (Å²) in [7, 11) is 2.03. The Balaban J connectivity index is 2.50. The lowest BCUT2D eigenvalue weighted by molar-refractivity contribution is -0.120. The highest BCUT2D eigenvalue weighted by molar-refractivity contribution is 5.99. The second kappa shape index (κ2) is 10.6. The minimum absolute atomic E-state index is 0.0663. The topological polar surface area (TPSA) is 32.7 Å². The molecule has 0 fully saturated rings. The predicted molar refractivity (Wildman–Crippen MR) is 119 cm³/mol. The van der Waals surface area contributed by atoms with Gasteiger partial charge in [-0.3, -0.25) is 4.79 Å². The number of aliphatic imine (C=N–C) groups is 1. The second-order valence-electron chi connectivity index (χ2n) is 7.49. The summed E-state index contributed by atoms with van der Waals surface area (Å²) in [5.41, 5.74) is 4.78. The molecule has 0 radical (unpaired) electrons. The highest BCUT2D eigenvalue weighted by Gasteiger charge is 2.18. The van der Waals surface area contributed by atoms with Gasteiger partial charge in [-0.05, 0) is 36.5 Å². The lowest BCUT2D eigenvalue weighted by atomic mass is 9.99. The van der Waals surface area contributed by atoms with Crippen molar-refractivity contribution in [3.05, 3.63) is 77.4 Å². The van der Waals surface area contributed by atoms with Gasteiger partial charge in [0.1, 0.15) is 5.84 Å². The van der Waals surface area contributed by atoms with Crippen molar-refractivity contribution >= 4 is 17.4 Å². The number of rotatable bonds is 7. The maximum absolute atomic E-state index is 12.3. The van der Waals surface area contributed by atoms with E-state index in [4.69, 9.17) is 0 Å². The van der Waals surface area contributed by atoms with Crippen LogP contribution in [0.15, 0.2) is 71.2 Å². The number of carbonyl (C=O) groups excluding carboxylic acids is 1. The Labute approximate surface area is 169 Å². The zero-order valence-corrected chi connectivity index (χ0v) is 17.8. The van der Waals surface area contributed by atoms with E-state index in [0.29, 0.717) is 0 Å². The van der Waals surface area contributed by atoms with Gasteiger partial charge in [0.05, 0.1) is 0 Å². The predicted octanol–water partition coefficient (Wildman–Crippen LogP) is 5.97. The Morgan fingerprint density at radius 3 is 2.11 bits per heavy atom. The highest BCUT2D eigenvalue weighted by Crippen LogP contribution is 2.26. The Hall–Kier alpha value is -2.68. The van der Waals surface area contributed by atoms with Gasteiger partial charge in [0.15, 0.2) is 0 Å².